The molecule has 6 nitrogen and oxygen atoms in total. The molecule has 7 heteroatoms. The molecule has 1 saturated heterocycles. The summed E-state index contributed by atoms with van der Waals surface area (Å²) in [6.45, 7) is 0.376. The summed E-state index contributed by atoms with van der Waals surface area (Å²) in [5, 5.41) is 8.83. The monoisotopic (exact) mass is 230 g/mol. The van der Waals surface area contributed by atoms with E-state index in [4.69, 9.17) is 10.8 Å². The molecule has 0 aliphatic carbocycles. The summed E-state index contributed by atoms with van der Waals surface area (Å²) in [5.41, 5.74) is 7.56. The first-order chi connectivity index (χ1) is 7.07. The molecule has 82 valence electrons. The van der Waals surface area contributed by atoms with Gasteiger partial charge in [0.1, 0.15) is 0 Å². The molecular formula is C8H11N2O4P. The molecule has 0 radical (unpaired) electrons. The number of amides is 1. The number of aliphatic carboxylic acids is 1. The molecule has 1 aliphatic rings. The quantitative estimate of drug-likeness (QED) is 0.631. The van der Waals surface area contributed by atoms with E-state index in [1.165, 1.54) is 4.90 Å². The minimum atomic E-state index is -1.12. The Balaban J connectivity index is 2.77. The molecule has 15 heavy (non-hydrogen) atoms. The Bertz CT molecular complexity index is 377. The number of hydrogen-bond donors (Lipinski definition) is 2. The fourth-order valence-corrected chi connectivity index (χ4v) is 1.80. The second kappa shape index (κ2) is 5.12. The van der Waals surface area contributed by atoms with Crippen LogP contribution in [0.15, 0.2) is 0 Å². The normalized spacial score (nSPS) is 21.9. The molecule has 1 heterocycles. The molecule has 1 fully saturated rings. The Labute approximate surface area is 87.5 Å². The van der Waals surface area contributed by atoms with Gasteiger partial charge in [-0.3, -0.25) is 0 Å². The van der Waals surface area contributed by atoms with Gasteiger partial charge in [0.05, 0.1) is 0 Å². The van der Waals surface area contributed by atoms with Gasteiger partial charge in [0, 0.05) is 0 Å². The Hall–Kier alpha value is -1.09. The van der Waals surface area contributed by atoms with Crippen molar-refractivity contribution in [3.63, 3.8) is 0 Å². The zero-order valence-electron chi connectivity index (χ0n) is 7.92. The fourth-order valence-electron chi connectivity index (χ4n) is 1.58. The van der Waals surface area contributed by atoms with E-state index < -0.39 is 31.9 Å². The number of carbonyl (C=O) groups is 2. The summed E-state index contributed by atoms with van der Waals surface area (Å²) in [5.74, 6) is -1.57. The van der Waals surface area contributed by atoms with Crippen molar-refractivity contribution in [1.29, 1.82) is 0 Å². The summed E-state index contributed by atoms with van der Waals surface area (Å²) in [4.78, 5) is 23.6. The van der Waals surface area contributed by atoms with Gasteiger partial charge in [0.2, 0.25) is 0 Å². The summed E-state index contributed by atoms with van der Waals surface area (Å²) in [6.07, 6.45) is 1.08. The van der Waals surface area contributed by atoms with Crippen LogP contribution in [0.4, 0.5) is 0 Å². The molecule has 0 aromatic heterocycles. The number of nitrogens with zero attached hydrogens (tertiary/aromatic N) is 1. The van der Waals surface area contributed by atoms with Gasteiger partial charge in [0.25, 0.3) is 0 Å². The first-order valence-corrected chi connectivity index (χ1v) is 5.26. The van der Waals surface area contributed by atoms with Gasteiger partial charge in [-0.25, -0.2) is 0 Å². The van der Waals surface area contributed by atoms with Gasteiger partial charge in [-0.1, -0.05) is 0 Å². The van der Waals surface area contributed by atoms with Crippen LogP contribution in [0.2, 0.25) is 0 Å². The number of likely N-dealkylation sites (tertiary alicyclic amines) is 1. The van der Waals surface area contributed by atoms with Crippen LogP contribution in [-0.2, 0) is 14.2 Å². The van der Waals surface area contributed by atoms with Crippen LogP contribution in [0.3, 0.4) is 0 Å². The number of rotatable bonds is 2. The van der Waals surface area contributed by atoms with Crippen molar-refractivity contribution in [2.75, 3.05) is 6.54 Å². The molecule has 1 amide bonds. The third-order valence-electron chi connectivity index (χ3n) is 2.28. The van der Waals surface area contributed by atoms with E-state index in [1.807, 2.05) is 0 Å². The first kappa shape index (κ1) is 12.0. The summed E-state index contributed by atoms with van der Waals surface area (Å²) in [7, 11) is -0.450. The van der Waals surface area contributed by atoms with Crippen LogP contribution >= 0.6 is 7.92 Å². The van der Waals surface area contributed by atoms with E-state index in [0.717, 1.165) is 0 Å². The van der Waals surface area contributed by atoms with E-state index >= 15 is 0 Å². The van der Waals surface area contributed by atoms with Crippen LogP contribution < -0.4 is 5.73 Å². The molecule has 3 N–H and O–H groups in total. The van der Waals surface area contributed by atoms with Crippen molar-refractivity contribution >= 4 is 19.8 Å². The van der Waals surface area contributed by atoms with Crippen molar-refractivity contribution in [3.8, 4) is 5.63 Å². The van der Waals surface area contributed by atoms with Crippen LogP contribution in [0.25, 0.3) is 0 Å². The van der Waals surface area contributed by atoms with Gasteiger partial charge in [-0.05, 0) is 0 Å². The third kappa shape index (κ3) is 2.69. The predicted octanol–water partition coefficient (Wildman–Crippen LogP) is -0.360. The fraction of sp³-hybridized carbons (Fsp3) is 0.625. The third-order valence-corrected chi connectivity index (χ3v) is 2.66. The molecule has 1 aliphatic heterocycles. The molecule has 0 aromatic carbocycles. The molecule has 0 bridgehead atoms. The van der Waals surface area contributed by atoms with Crippen molar-refractivity contribution in [2.24, 2.45) is 5.73 Å². The maximum absolute atomic E-state index is 11.6. The van der Waals surface area contributed by atoms with Gasteiger partial charge < -0.3 is 0 Å². The average Bonchev–Trinajstić information content (AvgIpc) is 2.65. The van der Waals surface area contributed by atoms with E-state index in [0.29, 0.717) is 19.4 Å². The van der Waals surface area contributed by atoms with Crippen molar-refractivity contribution in [3.05, 3.63) is 0 Å². The summed E-state index contributed by atoms with van der Waals surface area (Å²) in [6, 6.07) is -1.93. The minimum absolute atomic E-state index is 0.376. The zero-order chi connectivity index (χ0) is 11.4. The standard InChI is InChI=1S/C8H11N2O4P/c9-5(4-15-14)7(11)10-3-1-2-6(10)8(12)13/h5-6H,1-3,9H2,(H,12,13)/t5-,6-/m0/s1. The van der Waals surface area contributed by atoms with Crippen LogP contribution in [-0.4, -0.2) is 40.5 Å². The van der Waals surface area contributed by atoms with Crippen molar-refractivity contribution < 1.29 is 19.3 Å². The number of hydrogen-bond acceptors (Lipinski definition) is 4. The van der Waals surface area contributed by atoms with Crippen LogP contribution in [0.1, 0.15) is 12.8 Å². The van der Waals surface area contributed by atoms with E-state index in [1.54, 1.807) is 0 Å². The SMILES string of the molecule is N[C@@H](C#P=O)C(=O)N1CCC[C@H]1C(=O)O. The number of carboxylic acids is 1. The molecule has 2 atom stereocenters. The number of carbonyl (C=O) groups excluding carboxylic acids is 1. The Morgan fingerprint density at radius 1 is 1.60 bits per heavy atom. The van der Waals surface area contributed by atoms with E-state index in [-0.39, 0.29) is 0 Å². The van der Waals surface area contributed by atoms with Crippen LogP contribution in [0, 0.1) is 5.63 Å². The van der Waals surface area contributed by atoms with Crippen LogP contribution in [0.5, 0.6) is 0 Å². The molecule has 1 rings (SSSR count). The van der Waals surface area contributed by atoms with E-state index in [2.05, 4.69) is 5.63 Å². The van der Waals surface area contributed by atoms with Gasteiger partial charge in [-0.2, -0.15) is 0 Å². The summed E-state index contributed by atoms with van der Waals surface area (Å²) < 4.78 is 10.2. The summed E-state index contributed by atoms with van der Waals surface area (Å²) >= 11 is 0. The first-order valence-electron chi connectivity index (χ1n) is 4.44. The molecule has 0 aromatic rings. The Morgan fingerprint density at radius 3 is 2.80 bits per heavy atom. The Kier molecular flexibility index (Phi) is 4.09. The zero-order valence-corrected chi connectivity index (χ0v) is 8.81. The number of carboxylic acid groups (broad SMARTS) is 1. The van der Waals surface area contributed by atoms with E-state index in [9.17, 15) is 14.2 Å². The van der Waals surface area contributed by atoms with Crippen molar-refractivity contribution in [1.82, 2.24) is 4.90 Å². The van der Waals surface area contributed by atoms with Crippen molar-refractivity contribution in [2.45, 2.75) is 24.9 Å². The second-order valence-corrected chi connectivity index (χ2v) is 3.67. The van der Waals surface area contributed by atoms with Gasteiger partial charge in [-0.15, -0.1) is 0 Å². The molecular weight excluding hydrogens is 219 g/mol. The average molecular weight is 230 g/mol. The maximum atomic E-state index is 11.6. The number of nitrogens with two attached hydrogens (primary N) is 1. The second-order valence-electron chi connectivity index (χ2n) is 3.23. The molecule has 0 spiro atoms. The Morgan fingerprint density at radius 2 is 2.27 bits per heavy atom. The predicted molar refractivity (Wildman–Crippen MR) is 51.8 cm³/mol. The van der Waals surface area contributed by atoms with Gasteiger partial charge >= 0.3 is 86.8 Å². The van der Waals surface area contributed by atoms with Gasteiger partial charge in [0.15, 0.2) is 0 Å². The molecule has 0 saturated carbocycles. The topological polar surface area (TPSA) is 101 Å². The molecule has 0 unspecified atom stereocenters.